The normalized spacial score (nSPS) is 19.3. The molecule has 0 aromatic heterocycles. The van der Waals surface area contributed by atoms with Gasteiger partial charge in [0, 0.05) is 5.56 Å². The lowest BCUT2D eigenvalue weighted by atomic mass is 9.94. The molecule has 1 aliphatic rings. The summed E-state index contributed by atoms with van der Waals surface area (Å²) in [6.07, 6.45) is 1.10. The molecule has 0 saturated carbocycles. The summed E-state index contributed by atoms with van der Waals surface area (Å²) in [5.74, 6) is -3.04. The molecule has 2 atom stereocenters. The minimum Gasteiger partial charge on any atom is -0.481 e. The number of amides is 1. The Balaban J connectivity index is 1.91. The Labute approximate surface area is 166 Å². The van der Waals surface area contributed by atoms with Crippen LogP contribution in [0.5, 0.6) is 0 Å². The first-order valence-electron chi connectivity index (χ1n) is 9.16. The van der Waals surface area contributed by atoms with Crippen LogP contribution in [0.15, 0.2) is 48.5 Å². The zero-order valence-corrected chi connectivity index (χ0v) is 15.8. The van der Waals surface area contributed by atoms with E-state index in [-0.39, 0.29) is 6.42 Å². The molecule has 2 aromatic rings. The molecule has 0 aliphatic carbocycles. The Hall–Kier alpha value is -3.26. The van der Waals surface area contributed by atoms with Crippen LogP contribution in [0.4, 0.5) is 4.39 Å². The third-order valence-corrected chi connectivity index (χ3v) is 4.91. The first-order chi connectivity index (χ1) is 13.9. The Morgan fingerprint density at radius 3 is 2.62 bits per heavy atom. The SMILES string of the molecule is CC[C@@]1(C(=O)NC(CC(=O)O)C(=O)CF)C=C(c2cccc3ccccc23)NO1. The molecule has 0 radical (unpaired) electrons. The average Bonchev–Trinajstić information content (AvgIpc) is 3.17. The number of benzene rings is 2. The number of ketones is 1. The second-order valence-electron chi connectivity index (χ2n) is 6.76. The first-order valence-corrected chi connectivity index (χ1v) is 9.16. The summed E-state index contributed by atoms with van der Waals surface area (Å²) in [6, 6.07) is 12.0. The van der Waals surface area contributed by atoms with Crippen LogP contribution in [0.1, 0.15) is 25.3 Å². The van der Waals surface area contributed by atoms with Gasteiger partial charge in [-0.05, 0) is 23.3 Å². The van der Waals surface area contributed by atoms with E-state index in [1.165, 1.54) is 0 Å². The third kappa shape index (κ3) is 4.12. The monoisotopic (exact) mass is 400 g/mol. The number of hydrogen-bond donors (Lipinski definition) is 3. The number of alkyl halides is 1. The number of aliphatic carboxylic acids is 1. The van der Waals surface area contributed by atoms with Crippen molar-refractivity contribution in [2.75, 3.05) is 6.67 Å². The van der Waals surface area contributed by atoms with E-state index >= 15 is 0 Å². The summed E-state index contributed by atoms with van der Waals surface area (Å²) in [5, 5.41) is 13.2. The van der Waals surface area contributed by atoms with Crippen LogP contribution in [-0.4, -0.2) is 41.1 Å². The average molecular weight is 400 g/mol. The van der Waals surface area contributed by atoms with Crippen molar-refractivity contribution in [1.29, 1.82) is 0 Å². The van der Waals surface area contributed by atoms with Crippen molar-refractivity contribution < 1.29 is 28.7 Å². The summed E-state index contributed by atoms with van der Waals surface area (Å²) in [5.41, 5.74) is 2.71. The quantitative estimate of drug-likeness (QED) is 0.628. The van der Waals surface area contributed by atoms with Crippen LogP contribution in [0.2, 0.25) is 0 Å². The fourth-order valence-electron chi connectivity index (χ4n) is 3.27. The van der Waals surface area contributed by atoms with Gasteiger partial charge in [0.05, 0.1) is 12.1 Å². The number of carboxylic acid groups (broad SMARTS) is 1. The Bertz CT molecular complexity index is 985. The summed E-state index contributed by atoms with van der Waals surface area (Å²) in [7, 11) is 0. The van der Waals surface area contributed by atoms with Crippen molar-refractivity contribution in [3.05, 3.63) is 54.1 Å². The molecule has 1 aliphatic heterocycles. The van der Waals surface area contributed by atoms with Gasteiger partial charge in [-0.2, -0.15) is 0 Å². The third-order valence-electron chi connectivity index (χ3n) is 4.91. The lowest BCUT2D eigenvalue weighted by Gasteiger charge is -2.25. The van der Waals surface area contributed by atoms with E-state index in [9.17, 15) is 18.8 Å². The lowest BCUT2D eigenvalue weighted by Crippen LogP contribution is -2.53. The van der Waals surface area contributed by atoms with Crippen molar-refractivity contribution in [3.63, 3.8) is 0 Å². The molecule has 152 valence electrons. The van der Waals surface area contributed by atoms with Gasteiger partial charge in [-0.25, -0.2) is 4.39 Å². The number of nitrogens with one attached hydrogen (secondary N) is 2. The van der Waals surface area contributed by atoms with E-state index in [1.807, 2.05) is 42.5 Å². The Morgan fingerprint density at radius 2 is 1.93 bits per heavy atom. The zero-order chi connectivity index (χ0) is 21.0. The molecular formula is C21H21FN2O5. The smallest absolute Gasteiger partial charge is 0.305 e. The molecule has 1 unspecified atom stereocenters. The minimum atomic E-state index is -1.47. The molecule has 0 saturated heterocycles. The largest absolute Gasteiger partial charge is 0.481 e. The lowest BCUT2D eigenvalue weighted by molar-refractivity contribution is -0.147. The van der Waals surface area contributed by atoms with Gasteiger partial charge >= 0.3 is 5.97 Å². The number of carbonyl (C=O) groups is 3. The maximum atomic E-state index is 12.9. The summed E-state index contributed by atoms with van der Waals surface area (Å²) < 4.78 is 12.8. The van der Waals surface area contributed by atoms with Crippen LogP contribution in [0, 0.1) is 0 Å². The molecule has 29 heavy (non-hydrogen) atoms. The highest BCUT2D eigenvalue weighted by atomic mass is 19.1. The van der Waals surface area contributed by atoms with Crippen LogP contribution in [0.25, 0.3) is 16.5 Å². The van der Waals surface area contributed by atoms with Gasteiger partial charge in [0.1, 0.15) is 12.7 Å². The maximum Gasteiger partial charge on any atom is 0.305 e. The number of hydroxylamine groups is 1. The molecule has 3 N–H and O–H groups in total. The minimum absolute atomic E-state index is 0.212. The maximum absolute atomic E-state index is 12.9. The second-order valence-corrected chi connectivity index (χ2v) is 6.76. The highest BCUT2D eigenvalue weighted by Gasteiger charge is 2.43. The van der Waals surface area contributed by atoms with Crippen molar-refractivity contribution in [1.82, 2.24) is 10.8 Å². The molecule has 3 rings (SSSR count). The van der Waals surface area contributed by atoms with E-state index in [4.69, 9.17) is 9.94 Å². The first kappa shape index (κ1) is 20.5. The highest BCUT2D eigenvalue weighted by Crippen LogP contribution is 2.32. The summed E-state index contributed by atoms with van der Waals surface area (Å²) in [4.78, 5) is 41.1. The molecule has 0 spiro atoms. The van der Waals surface area contributed by atoms with Crippen molar-refractivity contribution in [3.8, 4) is 0 Å². The van der Waals surface area contributed by atoms with Gasteiger partial charge in [-0.15, -0.1) is 0 Å². The van der Waals surface area contributed by atoms with Crippen LogP contribution in [-0.2, 0) is 19.2 Å². The second kappa shape index (κ2) is 8.40. The topological polar surface area (TPSA) is 105 Å². The Morgan fingerprint density at radius 1 is 1.21 bits per heavy atom. The molecule has 1 heterocycles. The standard InChI is InChI=1S/C21H21FN2O5/c1-2-21(20(28)23-16(10-19(26)27)18(25)12-22)11-17(24-29-21)15-9-5-7-13-6-3-4-8-14(13)15/h3-9,11,16,24H,2,10,12H2,1H3,(H,23,28)(H,26,27)/t16?,21-/m0/s1. The van der Waals surface area contributed by atoms with Crippen LogP contribution >= 0.6 is 0 Å². The van der Waals surface area contributed by atoms with E-state index < -0.39 is 42.4 Å². The predicted molar refractivity (Wildman–Crippen MR) is 104 cm³/mol. The molecule has 2 aromatic carbocycles. The number of Topliss-reactive ketones (excluding diaryl/α,β-unsaturated/α-hetero) is 1. The fourth-order valence-corrected chi connectivity index (χ4v) is 3.27. The molecule has 8 heteroatoms. The van der Waals surface area contributed by atoms with Gasteiger partial charge in [-0.1, -0.05) is 49.4 Å². The number of fused-ring (bicyclic) bond motifs is 1. The highest BCUT2D eigenvalue weighted by molar-refractivity contribution is 5.99. The number of rotatable bonds is 8. The van der Waals surface area contributed by atoms with Crippen molar-refractivity contribution >= 4 is 34.1 Å². The molecule has 7 nitrogen and oxygen atoms in total. The van der Waals surface area contributed by atoms with Crippen LogP contribution < -0.4 is 10.8 Å². The van der Waals surface area contributed by atoms with Crippen molar-refractivity contribution in [2.24, 2.45) is 0 Å². The zero-order valence-electron chi connectivity index (χ0n) is 15.8. The predicted octanol–water partition coefficient (Wildman–Crippen LogP) is 2.36. The van der Waals surface area contributed by atoms with E-state index in [0.29, 0.717) is 5.70 Å². The number of hydrogen-bond acceptors (Lipinski definition) is 5. The summed E-state index contributed by atoms with van der Waals surface area (Å²) >= 11 is 0. The fraction of sp³-hybridized carbons (Fsp3) is 0.286. The molecule has 1 amide bonds. The van der Waals surface area contributed by atoms with Gasteiger partial charge in [-0.3, -0.25) is 24.7 Å². The summed E-state index contributed by atoms with van der Waals surface area (Å²) in [6.45, 7) is 0.348. The van der Waals surface area contributed by atoms with Crippen molar-refractivity contribution in [2.45, 2.75) is 31.4 Å². The number of halogens is 1. The van der Waals surface area contributed by atoms with Gasteiger partial charge in [0.15, 0.2) is 11.4 Å². The van der Waals surface area contributed by atoms with E-state index in [2.05, 4.69) is 10.8 Å². The molecular weight excluding hydrogens is 379 g/mol. The van der Waals surface area contributed by atoms with E-state index in [1.54, 1.807) is 13.0 Å². The Kier molecular flexibility index (Phi) is 5.93. The molecule has 0 bridgehead atoms. The van der Waals surface area contributed by atoms with Gasteiger partial charge in [0.2, 0.25) is 0 Å². The number of carbonyl (C=O) groups excluding carboxylic acids is 2. The molecule has 0 fully saturated rings. The number of carboxylic acids is 1. The van der Waals surface area contributed by atoms with Gasteiger partial charge < -0.3 is 10.4 Å². The van der Waals surface area contributed by atoms with Crippen LogP contribution in [0.3, 0.4) is 0 Å². The van der Waals surface area contributed by atoms with Gasteiger partial charge in [0.25, 0.3) is 5.91 Å². The van der Waals surface area contributed by atoms with E-state index in [0.717, 1.165) is 16.3 Å².